The summed E-state index contributed by atoms with van der Waals surface area (Å²) in [5.41, 5.74) is 0. The van der Waals surface area contributed by atoms with Gasteiger partial charge in [0.05, 0.1) is 6.10 Å². The normalized spacial score (nSPS) is 29.0. The molecule has 2 aliphatic rings. The molecule has 1 aliphatic heterocycles. The molecule has 1 heterocycles. The zero-order valence-corrected chi connectivity index (χ0v) is 12.6. The van der Waals surface area contributed by atoms with Crippen LogP contribution in [-0.4, -0.2) is 52.3 Å². The van der Waals surface area contributed by atoms with E-state index in [2.05, 4.69) is 5.32 Å². The molecule has 2 amide bonds. The minimum absolute atomic E-state index is 0.0221. The predicted octanol–water partition coefficient (Wildman–Crippen LogP) is 1.43. The van der Waals surface area contributed by atoms with Gasteiger partial charge in [-0.05, 0) is 31.1 Å². The van der Waals surface area contributed by atoms with Crippen LogP contribution in [0, 0.1) is 11.8 Å². The number of aliphatic carboxylic acids is 1. The molecule has 1 saturated carbocycles. The summed E-state index contributed by atoms with van der Waals surface area (Å²) in [6, 6.07) is -1.17. The first-order chi connectivity index (χ1) is 9.99. The number of carboxylic acid groups (broad SMARTS) is 1. The Balaban J connectivity index is 1.93. The number of carbonyl (C=O) groups is 2. The predicted molar refractivity (Wildman–Crippen MR) is 77.9 cm³/mol. The molecule has 6 heteroatoms. The van der Waals surface area contributed by atoms with Gasteiger partial charge in [0.1, 0.15) is 6.04 Å². The van der Waals surface area contributed by atoms with Gasteiger partial charge in [0, 0.05) is 13.1 Å². The first-order valence-corrected chi connectivity index (χ1v) is 7.95. The zero-order chi connectivity index (χ0) is 15.4. The molecule has 3 atom stereocenters. The first-order valence-electron chi connectivity index (χ1n) is 7.95. The van der Waals surface area contributed by atoms with E-state index in [9.17, 15) is 19.8 Å². The number of carboxylic acids is 1. The molecule has 1 saturated heterocycles. The molecular formula is C15H26N2O4. The zero-order valence-electron chi connectivity index (χ0n) is 12.6. The monoisotopic (exact) mass is 298 g/mol. The van der Waals surface area contributed by atoms with Crippen LogP contribution < -0.4 is 5.32 Å². The highest BCUT2D eigenvalue weighted by Crippen LogP contribution is 2.27. The lowest BCUT2D eigenvalue weighted by molar-refractivity contribution is -0.141. The molecule has 0 aromatic heterocycles. The number of rotatable bonds is 3. The Hall–Kier alpha value is -1.30. The minimum atomic E-state index is -0.957. The number of aliphatic hydroxyl groups is 1. The molecule has 120 valence electrons. The molecule has 1 aliphatic carbocycles. The van der Waals surface area contributed by atoms with Gasteiger partial charge in [0.25, 0.3) is 0 Å². The van der Waals surface area contributed by atoms with Crippen LogP contribution in [0.15, 0.2) is 0 Å². The Labute approximate surface area is 125 Å². The maximum absolute atomic E-state index is 12.2. The molecule has 0 bridgehead atoms. The van der Waals surface area contributed by atoms with Gasteiger partial charge in [0.15, 0.2) is 0 Å². The fourth-order valence-corrected chi connectivity index (χ4v) is 3.31. The number of amides is 2. The van der Waals surface area contributed by atoms with E-state index in [4.69, 9.17) is 0 Å². The lowest BCUT2D eigenvalue weighted by Crippen LogP contribution is -2.55. The number of β-amino-alcohol motifs (C(OH)–C–C–N with tert-alkyl or cyclic N) is 1. The summed E-state index contributed by atoms with van der Waals surface area (Å²) in [5.74, 6) is -0.752. The van der Waals surface area contributed by atoms with Crippen LogP contribution >= 0.6 is 0 Å². The topological polar surface area (TPSA) is 89.9 Å². The van der Waals surface area contributed by atoms with Gasteiger partial charge in [-0.25, -0.2) is 9.59 Å². The molecule has 0 aromatic rings. The lowest BCUT2D eigenvalue weighted by atomic mass is 9.84. The van der Waals surface area contributed by atoms with Crippen molar-refractivity contribution in [3.63, 3.8) is 0 Å². The third-order valence-electron chi connectivity index (χ3n) is 4.87. The summed E-state index contributed by atoms with van der Waals surface area (Å²) in [6.07, 6.45) is 5.15. The number of hydrogen-bond acceptors (Lipinski definition) is 3. The molecular weight excluding hydrogens is 272 g/mol. The van der Waals surface area contributed by atoms with Gasteiger partial charge < -0.3 is 20.4 Å². The number of hydrogen-bond donors (Lipinski definition) is 3. The molecule has 2 rings (SSSR count). The van der Waals surface area contributed by atoms with E-state index in [0.29, 0.717) is 6.54 Å². The molecule has 6 nitrogen and oxygen atoms in total. The van der Waals surface area contributed by atoms with Crippen molar-refractivity contribution in [3.05, 3.63) is 0 Å². The summed E-state index contributed by atoms with van der Waals surface area (Å²) in [5, 5.41) is 21.9. The summed E-state index contributed by atoms with van der Waals surface area (Å²) >= 11 is 0. The average Bonchev–Trinajstić information content (AvgIpc) is 2.48. The fourth-order valence-electron chi connectivity index (χ4n) is 3.31. The van der Waals surface area contributed by atoms with Crippen molar-refractivity contribution in [3.8, 4) is 0 Å². The van der Waals surface area contributed by atoms with E-state index in [-0.39, 0.29) is 24.4 Å². The van der Waals surface area contributed by atoms with E-state index in [1.54, 1.807) is 0 Å². The molecule has 2 fully saturated rings. The molecule has 3 unspecified atom stereocenters. The largest absolute Gasteiger partial charge is 0.480 e. The van der Waals surface area contributed by atoms with Crippen LogP contribution in [0.1, 0.15) is 45.4 Å². The number of nitrogens with one attached hydrogen (secondary N) is 1. The van der Waals surface area contributed by atoms with Gasteiger partial charge in [-0.1, -0.05) is 26.2 Å². The maximum atomic E-state index is 12.2. The molecule has 3 N–H and O–H groups in total. The van der Waals surface area contributed by atoms with Crippen molar-refractivity contribution >= 4 is 12.0 Å². The Morgan fingerprint density at radius 2 is 1.86 bits per heavy atom. The maximum Gasteiger partial charge on any atom is 0.326 e. The van der Waals surface area contributed by atoms with Crippen molar-refractivity contribution in [1.29, 1.82) is 0 Å². The van der Waals surface area contributed by atoms with Gasteiger partial charge in [-0.3, -0.25) is 0 Å². The smallest absolute Gasteiger partial charge is 0.326 e. The molecule has 0 spiro atoms. The number of piperidine rings is 1. The number of urea groups is 1. The van der Waals surface area contributed by atoms with Gasteiger partial charge in [-0.2, -0.15) is 0 Å². The van der Waals surface area contributed by atoms with Gasteiger partial charge in [0.2, 0.25) is 0 Å². The van der Waals surface area contributed by atoms with Crippen molar-refractivity contribution < 1.29 is 19.8 Å². The van der Waals surface area contributed by atoms with Crippen LogP contribution in [-0.2, 0) is 4.79 Å². The second-order valence-corrected chi connectivity index (χ2v) is 6.44. The molecule has 0 aromatic carbocycles. The van der Waals surface area contributed by atoms with Crippen LogP contribution in [0.25, 0.3) is 0 Å². The van der Waals surface area contributed by atoms with Crippen molar-refractivity contribution in [2.24, 2.45) is 11.8 Å². The summed E-state index contributed by atoms with van der Waals surface area (Å²) in [4.78, 5) is 25.2. The van der Waals surface area contributed by atoms with Crippen LogP contribution in [0.2, 0.25) is 0 Å². The Bertz CT molecular complexity index is 382. The highest BCUT2D eigenvalue weighted by Gasteiger charge is 2.34. The van der Waals surface area contributed by atoms with E-state index in [0.717, 1.165) is 38.5 Å². The average molecular weight is 298 g/mol. The third kappa shape index (κ3) is 4.09. The van der Waals surface area contributed by atoms with E-state index in [1.165, 1.54) is 4.90 Å². The Morgan fingerprint density at radius 1 is 1.19 bits per heavy atom. The SMILES string of the molecule is CC1CCN(C(=O)NC(C(=O)O)C2CCCCC2)CC1O. The van der Waals surface area contributed by atoms with Gasteiger partial charge >= 0.3 is 12.0 Å². The first kappa shape index (κ1) is 16.1. The van der Waals surface area contributed by atoms with Gasteiger partial charge in [-0.15, -0.1) is 0 Å². The minimum Gasteiger partial charge on any atom is -0.480 e. The summed E-state index contributed by atoms with van der Waals surface area (Å²) < 4.78 is 0. The third-order valence-corrected chi connectivity index (χ3v) is 4.87. The lowest BCUT2D eigenvalue weighted by Gasteiger charge is -2.36. The quantitative estimate of drug-likeness (QED) is 0.735. The van der Waals surface area contributed by atoms with Crippen molar-refractivity contribution in [2.75, 3.05) is 13.1 Å². The van der Waals surface area contributed by atoms with Crippen molar-refractivity contribution in [1.82, 2.24) is 10.2 Å². The summed E-state index contributed by atoms with van der Waals surface area (Å²) in [6.45, 7) is 2.81. The number of likely N-dealkylation sites (tertiary alicyclic amines) is 1. The van der Waals surface area contributed by atoms with Crippen LogP contribution in [0.3, 0.4) is 0 Å². The highest BCUT2D eigenvalue weighted by molar-refractivity contribution is 5.82. The highest BCUT2D eigenvalue weighted by atomic mass is 16.4. The van der Waals surface area contributed by atoms with E-state index >= 15 is 0 Å². The van der Waals surface area contributed by atoms with Crippen LogP contribution in [0.5, 0.6) is 0 Å². The van der Waals surface area contributed by atoms with Crippen LogP contribution in [0.4, 0.5) is 4.79 Å². The summed E-state index contributed by atoms with van der Waals surface area (Å²) in [7, 11) is 0. The second-order valence-electron chi connectivity index (χ2n) is 6.44. The number of aliphatic hydroxyl groups excluding tert-OH is 1. The van der Waals surface area contributed by atoms with E-state index in [1.807, 2.05) is 6.92 Å². The molecule has 21 heavy (non-hydrogen) atoms. The van der Waals surface area contributed by atoms with E-state index < -0.39 is 18.1 Å². The standard InChI is InChI=1S/C15H26N2O4/c1-10-7-8-17(9-12(10)18)15(21)16-13(14(19)20)11-5-3-2-4-6-11/h10-13,18H,2-9H2,1H3,(H,16,21)(H,19,20). The number of nitrogens with zero attached hydrogens (tertiary/aromatic N) is 1. The Kier molecular flexibility index (Phi) is 5.45. The molecule has 0 radical (unpaired) electrons. The van der Waals surface area contributed by atoms with Crippen molar-refractivity contribution in [2.45, 2.75) is 57.6 Å². The number of carbonyl (C=O) groups excluding carboxylic acids is 1. The second kappa shape index (κ2) is 7.11. The fraction of sp³-hybridized carbons (Fsp3) is 0.867. The Morgan fingerprint density at radius 3 is 2.43 bits per heavy atom.